The molecule has 1 aromatic carbocycles. The fourth-order valence-corrected chi connectivity index (χ4v) is 2.01. The van der Waals surface area contributed by atoms with Crippen LogP contribution in [0.2, 0.25) is 0 Å². The zero-order chi connectivity index (χ0) is 15.8. The third-order valence-corrected chi connectivity index (χ3v) is 3.76. The lowest BCUT2D eigenvalue weighted by Gasteiger charge is -2.23. The van der Waals surface area contributed by atoms with Crippen LogP contribution < -0.4 is 11.1 Å². The minimum atomic E-state index is -0.406. The van der Waals surface area contributed by atoms with Crippen LogP contribution in [0.5, 0.6) is 0 Å². The molecule has 21 heavy (non-hydrogen) atoms. The number of halogens is 1. The molecule has 0 saturated carbocycles. The van der Waals surface area contributed by atoms with E-state index in [0.29, 0.717) is 18.2 Å². The van der Waals surface area contributed by atoms with Gasteiger partial charge in [-0.05, 0) is 38.1 Å². The molecule has 4 N–H and O–H groups in total. The van der Waals surface area contributed by atoms with Crippen LogP contribution in [0.15, 0.2) is 23.4 Å². The third kappa shape index (κ3) is 5.32. The van der Waals surface area contributed by atoms with Gasteiger partial charge in [0, 0.05) is 31.2 Å². The number of hydrogen-bond donors (Lipinski definition) is 3. The van der Waals surface area contributed by atoms with Gasteiger partial charge in [0.2, 0.25) is 0 Å². The Balaban J connectivity index is 2.56. The van der Waals surface area contributed by atoms with Crippen LogP contribution in [-0.4, -0.2) is 42.1 Å². The quantitative estimate of drug-likeness (QED) is 0.225. The molecular formula is C15H25FN4O. The third-order valence-electron chi connectivity index (χ3n) is 3.76. The molecule has 0 bridgehead atoms. The number of rotatable bonds is 8. The molecule has 0 spiro atoms. The normalized spacial score (nSPS) is 13.7. The highest BCUT2D eigenvalue weighted by Gasteiger charge is 2.09. The summed E-state index contributed by atoms with van der Waals surface area (Å²) in [7, 11) is 2.09. The fourth-order valence-electron chi connectivity index (χ4n) is 2.01. The van der Waals surface area contributed by atoms with E-state index in [1.165, 1.54) is 12.1 Å². The van der Waals surface area contributed by atoms with Crippen LogP contribution >= 0.6 is 0 Å². The van der Waals surface area contributed by atoms with Gasteiger partial charge in [-0.15, -0.1) is 0 Å². The molecule has 0 aliphatic heterocycles. The highest BCUT2D eigenvalue weighted by atomic mass is 19.1. The predicted octanol–water partition coefficient (Wildman–Crippen LogP) is 1.74. The monoisotopic (exact) mass is 296 g/mol. The molecular weight excluding hydrogens is 271 g/mol. The molecule has 0 heterocycles. The van der Waals surface area contributed by atoms with Crippen molar-refractivity contribution in [3.05, 3.63) is 35.1 Å². The second kappa shape index (κ2) is 8.59. The van der Waals surface area contributed by atoms with Gasteiger partial charge < -0.3 is 21.2 Å². The summed E-state index contributed by atoms with van der Waals surface area (Å²) in [6.07, 6.45) is 1.11. The Hall–Kier alpha value is -1.66. The highest BCUT2D eigenvalue weighted by Crippen LogP contribution is 2.11. The van der Waals surface area contributed by atoms with Gasteiger partial charge in [0.1, 0.15) is 5.82 Å². The number of amidine groups is 1. The summed E-state index contributed by atoms with van der Waals surface area (Å²) < 4.78 is 13.2. The number of hydrogen-bond acceptors (Lipinski definition) is 4. The Morgan fingerprint density at radius 1 is 1.52 bits per heavy atom. The maximum absolute atomic E-state index is 13.2. The van der Waals surface area contributed by atoms with E-state index >= 15 is 0 Å². The van der Waals surface area contributed by atoms with Crippen molar-refractivity contribution < 1.29 is 9.60 Å². The highest BCUT2D eigenvalue weighted by molar-refractivity contribution is 5.98. The van der Waals surface area contributed by atoms with Crippen molar-refractivity contribution in [1.29, 1.82) is 0 Å². The zero-order valence-electron chi connectivity index (χ0n) is 12.9. The first-order valence-corrected chi connectivity index (χ1v) is 7.16. The lowest BCUT2D eigenvalue weighted by molar-refractivity contribution is 0.251. The van der Waals surface area contributed by atoms with Gasteiger partial charge in [0.25, 0.3) is 0 Å². The molecule has 6 heteroatoms. The Kier molecular flexibility index (Phi) is 7.11. The minimum Gasteiger partial charge on any atom is -0.409 e. The van der Waals surface area contributed by atoms with Crippen molar-refractivity contribution in [3.8, 4) is 0 Å². The van der Waals surface area contributed by atoms with E-state index in [9.17, 15) is 4.39 Å². The van der Waals surface area contributed by atoms with E-state index < -0.39 is 5.82 Å². The largest absolute Gasteiger partial charge is 0.409 e. The molecule has 118 valence electrons. The van der Waals surface area contributed by atoms with Crippen LogP contribution in [0, 0.1) is 5.82 Å². The first-order valence-electron chi connectivity index (χ1n) is 7.16. The zero-order valence-corrected chi connectivity index (χ0v) is 12.9. The first kappa shape index (κ1) is 17.4. The summed E-state index contributed by atoms with van der Waals surface area (Å²) >= 11 is 0. The molecule has 0 saturated heterocycles. The molecule has 0 aliphatic carbocycles. The molecule has 0 aliphatic rings. The number of oxime groups is 1. The second-order valence-electron chi connectivity index (χ2n) is 5.20. The van der Waals surface area contributed by atoms with E-state index in [-0.39, 0.29) is 5.84 Å². The summed E-state index contributed by atoms with van der Waals surface area (Å²) in [6, 6.07) is 4.84. The Labute approximate surface area is 125 Å². The Morgan fingerprint density at radius 3 is 2.86 bits per heavy atom. The average Bonchev–Trinajstić information content (AvgIpc) is 2.50. The Morgan fingerprint density at radius 2 is 2.24 bits per heavy atom. The predicted molar refractivity (Wildman–Crippen MR) is 83.0 cm³/mol. The molecule has 5 nitrogen and oxygen atoms in total. The summed E-state index contributed by atoms with van der Waals surface area (Å²) in [5.74, 6) is -0.486. The van der Waals surface area contributed by atoms with Crippen LogP contribution in [0.1, 0.15) is 31.4 Å². The second-order valence-corrected chi connectivity index (χ2v) is 5.20. The van der Waals surface area contributed by atoms with Gasteiger partial charge >= 0.3 is 0 Å². The van der Waals surface area contributed by atoms with Crippen LogP contribution in [-0.2, 0) is 6.54 Å². The topological polar surface area (TPSA) is 73.9 Å². The number of nitrogens with two attached hydrogens (primary N) is 1. The van der Waals surface area contributed by atoms with Crippen LogP contribution in [0.3, 0.4) is 0 Å². The summed E-state index contributed by atoms with van der Waals surface area (Å²) in [4.78, 5) is 2.28. The Bertz CT molecular complexity index is 479. The van der Waals surface area contributed by atoms with E-state index in [4.69, 9.17) is 10.9 Å². The molecule has 1 aromatic rings. The first-order chi connectivity index (χ1) is 9.99. The smallest absolute Gasteiger partial charge is 0.170 e. The SMILES string of the molecule is CCC(C)N(C)CCNCc1ccc(F)cc1/C(N)=N/O. The van der Waals surface area contributed by atoms with Crippen molar-refractivity contribution in [3.63, 3.8) is 0 Å². The maximum atomic E-state index is 13.2. The number of likely N-dealkylation sites (N-methyl/N-ethyl adjacent to an activating group) is 1. The molecule has 0 amide bonds. The van der Waals surface area contributed by atoms with E-state index in [2.05, 4.69) is 36.3 Å². The summed E-state index contributed by atoms with van der Waals surface area (Å²) in [6.45, 7) is 6.63. The van der Waals surface area contributed by atoms with Crippen molar-refractivity contribution >= 4 is 5.84 Å². The van der Waals surface area contributed by atoms with Crippen molar-refractivity contribution in [1.82, 2.24) is 10.2 Å². The number of nitrogens with one attached hydrogen (secondary N) is 1. The van der Waals surface area contributed by atoms with Crippen molar-refractivity contribution in [2.45, 2.75) is 32.9 Å². The van der Waals surface area contributed by atoms with Crippen LogP contribution in [0.25, 0.3) is 0 Å². The van der Waals surface area contributed by atoms with Crippen molar-refractivity contribution in [2.24, 2.45) is 10.9 Å². The van der Waals surface area contributed by atoms with E-state index in [1.54, 1.807) is 6.07 Å². The van der Waals surface area contributed by atoms with Crippen LogP contribution in [0.4, 0.5) is 4.39 Å². The molecule has 1 atom stereocenters. The molecule has 1 unspecified atom stereocenters. The lowest BCUT2D eigenvalue weighted by Crippen LogP contribution is -2.35. The molecule has 0 radical (unpaired) electrons. The van der Waals surface area contributed by atoms with Gasteiger partial charge in [-0.25, -0.2) is 4.39 Å². The van der Waals surface area contributed by atoms with Gasteiger partial charge in [-0.2, -0.15) is 0 Å². The van der Waals surface area contributed by atoms with E-state index in [1.807, 2.05) is 0 Å². The molecule has 0 fully saturated rings. The average molecular weight is 296 g/mol. The minimum absolute atomic E-state index is 0.0805. The fraction of sp³-hybridized carbons (Fsp3) is 0.533. The van der Waals surface area contributed by atoms with Crippen molar-refractivity contribution in [2.75, 3.05) is 20.1 Å². The van der Waals surface area contributed by atoms with Gasteiger partial charge in [0.05, 0.1) is 0 Å². The van der Waals surface area contributed by atoms with Gasteiger partial charge in [0.15, 0.2) is 5.84 Å². The standard InChI is InChI=1S/C15H25FN4O/c1-4-11(2)20(3)8-7-18-10-12-5-6-13(16)9-14(12)15(17)19-21/h5-6,9,11,18,21H,4,7-8,10H2,1-3H3,(H2,17,19). The lowest BCUT2D eigenvalue weighted by atomic mass is 10.1. The molecule has 0 aromatic heterocycles. The van der Waals surface area contributed by atoms with E-state index in [0.717, 1.165) is 25.1 Å². The van der Waals surface area contributed by atoms with Gasteiger partial charge in [-0.1, -0.05) is 18.1 Å². The molecule has 1 rings (SSSR count). The maximum Gasteiger partial charge on any atom is 0.170 e. The number of nitrogens with zero attached hydrogens (tertiary/aromatic N) is 2. The van der Waals surface area contributed by atoms with Gasteiger partial charge in [-0.3, -0.25) is 0 Å². The number of benzene rings is 1. The summed E-state index contributed by atoms with van der Waals surface area (Å²) in [5, 5.41) is 15.0. The summed E-state index contributed by atoms with van der Waals surface area (Å²) in [5.41, 5.74) is 6.79.